The molecule has 0 spiro atoms. The molecule has 0 aliphatic rings. The third-order valence-corrected chi connectivity index (χ3v) is 2.82. The summed E-state index contributed by atoms with van der Waals surface area (Å²) in [5, 5.41) is 12.1. The van der Waals surface area contributed by atoms with E-state index in [-0.39, 0.29) is 17.2 Å². The Balaban J connectivity index is 1.82. The number of hydrogen-bond acceptors (Lipinski definition) is 5. The van der Waals surface area contributed by atoms with Crippen molar-refractivity contribution in [1.29, 1.82) is 0 Å². The van der Waals surface area contributed by atoms with Crippen LogP contribution in [-0.2, 0) is 0 Å². The lowest BCUT2D eigenvalue weighted by atomic mass is 10.1. The monoisotopic (exact) mass is 281 g/mol. The summed E-state index contributed by atoms with van der Waals surface area (Å²) in [6, 6.07) is 8.53. The smallest absolute Gasteiger partial charge is 0.257 e. The standard InChI is InChI=1S/C15H11N3O3/c19-13-5-11(6-16-7-13)15(20)18-12-3-1-2-10(4-12)14-8-17-9-21-14/h1-9,19H,(H,18,20). The van der Waals surface area contributed by atoms with Crippen molar-refractivity contribution in [2.45, 2.75) is 0 Å². The van der Waals surface area contributed by atoms with Gasteiger partial charge in [0.15, 0.2) is 12.2 Å². The number of carbonyl (C=O) groups excluding carboxylic acids is 1. The summed E-state index contributed by atoms with van der Waals surface area (Å²) in [6.45, 7) is 0. The predicted molar refractivity (Wildman–Crippen MR) is 75.8 cm³/mol. The van der Waals surface area contributed by atoms with Crippen LogP contribution in [0.5, 0.6) is 5.75 Å². The van der Waals surface area contributed by atoms with Crippen molar-refractivity contribution in [3.05, 3.63) is 60.9 Å². The molecule has 1 amide bonds. The zero-order valence-electron chi connectivity index (χ0n) is 10.9. The maximum absolute atomic E-state index is 12.1. The lowest BCUT2D eigenvalue weighted by Crippen LogP contribution is -2.12. The number of pyridine rings is 1. The van der Waals surface area contributed by atoms with Gasteiger partial charge < -0.3 is 14.8 Å². The SMILES string of the molecule is O=C(Nc1cccc(-c2cnco2)c1)c1cncc(O)c1. The average Bonchev–Trinajstić information content (AvgIpc) is 3.02. The molecule has 0 fully saturated rings. The molecule has 3 aromatic rings. The van der Waals surface area contributed by atoms with Crippen LogP contribution in [0.2, 0.25) is 0 Å². The number of aromatic nitrogens is 2. The van der Waals surface area contributed by atoms with Gasteiger partial charge in [-0.2, -0.15) is 0 Å². The van der Waals surface area contributed by atoms with Crippen molar-refractivity contribution in [2.75, 3.05) is 5.32 Å². The fourth-order valence-electron chi connectivity index (χ4n) is 1.86. The van der Waals surface area contributed by atoms with E-state index in [9.17, 15) is 9.90 Å². The van der Waals surface area contributed by atoms with Gasteiger partial charge in [0.2, 0.25) is 0 Å². The fraction of sp³-hybridized carbons (Fsp3) is 0. The van der Waals surface area contributed by atoms with Gasteiger partial charge in [-0.25, -0.2) is 4.98 Å². The first-order valence-electron chi connectivity index (χ1n) is 6.17. The van der Waals surface area contributed by atoms with Crippen molar-refractivity contribution in [3.8, 4) is 17.1 Å². The lowest BCUT2D eigenvalue weighted by molar-refractivity contribution is 0.102. The number of benzene rings is 1. The molecular weight excluding hydrogens is 270 g/mol. The molecule has 0 aliphatic heterocycles. The van der Waals surface area contributed by atoms with E-state index in [1.54, 1.807) is 24.4 Å². The Hall–Kier alpha value is -3.15. The Labute approximate surface area is 120 Å². The van der Waals surface area contributed by atoms with Crippen LogP contribution >= 0.6 is 0 Å². The van der Waals surface area contributed by atoms with Crippen molar-refractivity contribution in [2.24, 2.45) is 0 Å². The number of hydrogen-bond donors (Lipinski definition) is 2. The predicted octanol–water partition coefficient (Wildman–Crippen LogP) is 2.69. The van der Waals surface area contributed by atoms with Crippen LogP contribution in [0.25, 0.3) is 11.3 Å². The van der Waals surface area contributed by atoms with Gasteiger partial charge in [0.1, 0.15) is 5.75 Å². The highest BCUT2D eigenvalue weighted by Gasteiger charge is 2.09. The second kappa shape index (κ2) is 5.46. The molecule has 0 saturated carbocycles. The van der Waals surface area contributed by atoms with E-state index in [2.05, 4.69) is 15.3 Å². The molecular formula is C15H11N3O3. The summed E-state index contributed by atoms with van der Waals surface area (Å²) in [7, 11) is 0. The van der Waals surface area contributed by atoms with E-state index >= 15 is 0 Å². The van der Waals surface area contributed by atoms with Gasteiger partial charge in [-0.3, -0.25) is 9.78 Å². The van der Waals surface area contributed by atoms with Gasteiger partial charge in [0.05, 0.1) is 18.0 Å². The molecule has 1 aromatic carbocycles. The molecule has 0 radical (unpaired) electrons. The Morgan fingerprint density at radius 3 is 2.81 bits per heavy atom. The van der Waals surface area contributed by atoms with E-state index in [0.29, 0.717) is 11.4 Å². The van der Waals surface area contributed by atoms with Gasteiger partial charge in [0, 0.05) is 17.4 Å². The molecule has 0 bridgehead atoms. The molecule has 2 N–H and O–H groups in total. The molecule has 6 nitrogen and oxygen atoms in total. The second-order valence-corrected chi connectivity index (χ2v) is 4.33. The molecule has 3 rings (SSSR count). The molecule has 0 unspecified atom stereocenters. The number of oxazole rings is 1. The van der Waals surface area contributed by atoms with Crippen LogP contribution in [0.1, 0.15) is 10.4 Å². The molecule has 2 heterocycles. The number of aromatic hydroxyl groups is 1. The molecule has 0 atom stereocenters. The minimum Gasteiger partial charge on any atom is -0.506 e. The minimum atomic E-state index is -0.354. The van der Waals surface area contributed by atoms with Gasteiger partial charge in [0.25, 0.3) is 5.91 Å². The Bertz CT molecular complexity index is 769. The number of nitrogens with one attached hydrogen (secondary N) is 1. The van der Waals surface area contributed by atoms with Crippen LogP contribution in [0, 0.1) is 0 Å². The second-order valence-electron chi connectivity index (χ2n) is 4.33. The van der Waals surface area contributed by atoms with Crippen molar-refractivity contribution >= 4 is 11.6 Å². The first-order chi connectivity index (χ1) is 10.2. The molecule has 6 heteroatoms. The Morgan fingerprint density at radius 1 is 1.14 bits per heavy atom. The topological polar surface area (TPSA) is 88.3 Å². The highest BCUT2D eigenvalue weighted by atomic mass is 16.3. The van der Waals surface area contributed by atoms with E-state index < -0.39 is 0 Å². The van der Waals surface area contributed by atoms with E-state index in [1.807, 2.05) is 6.07 Å². The van der Waals surface area contributed by atoms with Crippen molar-refractivity contribution in [3.63, 3.8) is 0 Å². The number of anilines is 1. The van der Waals surface area contributed by atoms with E-state index in [4.69, 9.17) is 4.42 Å². The van der Waals surface area contributed by atoms with Crippen molar-refractivity contribution < 1.29 is 14.3 Å². The minimum absolute atomic E-state index is 0.0574. The molecule has 21 heavy (non-hydrogen) atoms. The Morgan fingerprint density at radius 2 is 2.05 bits per heavy atom. The summed E-state index contributed by atoms with van der Waals surface area (Å²) in [6.07, 6.45) is 5.59. The van der Waals surface area contributed by atoms with Crippen LogP contribution in [0.15, 0.2) is 59.7 Å². The quantitative estimate of drug-likeness (QED) is 0.770. The number of rotatable bonds is 3. The summed E-state index contributed by atoms with van der Waals surface area (Å²) in [4.78, 5) is 19.7. The van der Waals surface area contributed by atoms with Gasteiger partial charge in [-0.05, 0) is 18.2 Å². The number of carbonyl (C=O) groups is 1. The van der Waals surface area contributed by atoms with Crippen LogP contribution in [0.4, 0.5) is 5.69 Å². The average molecular weight is 281 g/mol. The van der Waals surface area contributed by atoms with Crippen LogP contribution < -0.4 is 5.32 Å². The first kappa shape index (κ1) is 12.9. The third-order valence-electron chi connectivity index (χ3n) is 2.82. The van der Waals surface area contributed by atoms with E-state index in [1.165, 1.54) is 24.9 Å². The largest absolute Gasteiger partial charge is 0.506 e. The fourth-order valence-corrected chi connectivity index (χ4v) is 1.86. The summed E-state index contributed by atoms with van der Waals surface area (Å²) in [5.74, 6) is 0.205. The summed E-state index contributed by atoms with van der Waals surface area (Å²) < 4.78 is 5.21. The molecule has 0 aliphatic carbocycles. The van der Waals surface area contributed by atoms with Crippen LogP contribution in [-0.4, -0.2) is 21.0 Å². The molecule has 2 aromatic heterocycles. The summed E-state index contributed by atoms with van der Waals surface area (Å²) >= 11 is 0. The highest BCUT2D eigenvalue weighted by molar-refractivity contribution is 6.04. The number of amides is 1. The van der Waals surface area contributed by atoms with Crippen molar-refractivity contribution in [1.82, 2.24) is 9.97 Å². The highest BCUT2D eigenvalue weighted by Crippen LogP contribution is 2.22. The lowest BCUT2D eigenvalue weighted by Gasteiger charge is -2.06. The zero-order valence-corrected chi connectivity index (χ0v) is 10.9. The van der Waals surface area contributed by atoms with Gasteiger partial charge in [-0.15, -0.1) is 0 Å². The van der Waals surface area contributed by atoms with Crippen LogP contribution in [0.3, 0.4) is 0 Å². The number of nitrogens with zero attached hydrogens (tertiary/aromatic N) is 2. The Kier molecular flexibility index (Phi) is 3.34. The molecule has 104 valence electrons. The maximum atomic E-state index is 12.1. The summed E-state index contributed by atoms with van der Waals surface area (Å²) in [5.41, 5.74) is 1.69. The van der Waals surface area contributed by atoms with E-state index in [0.717, 1.165) is 5.56 Å². The van der Waals surface area contributed by atoms with Gasteiger partial charge in [-0.1, -0.05) is 12.1 Å². The molecule has 0 saturated heterocycles. The normalized spacial score (nSPS) is 10.3. The third kappa shape index (κ3) is 2.89. The van der Waals surface area contributed by atoms with Gasteiger partial charge >= 0.3 is 0 Å². The maximum Gasteiger partial charge on any atom is 0.257 e. The first-order valence-corrected chi connectivity index (χ1v) is 6.17. The zero-order chi connectivity index (χ0) is 14.7.